The lowest BCUT2D eigenvalue weighted by Gasteiger charge is -2.35. The van der Waals surface area contributed by atoms with Gasteiger partial charge in [-0.2, -0.15) is 0 Å². The number of fused-ring (bicyclic) bond motifs is 1. The molecule has 0 N–H and O–H groups in total. The highest BCUT2D eigenvalue weighted by atomic mass is 16.6. The van der Waals surface area contributed by atoms with Crippen molar-refractivity contribution in [2.75, 3.05) is 13.6 Å². The summed E-state index contributed by atoms with van der Waals surface area (Å²) in [5, 5.41) is 10.8. The molecule has 1 atom stereocenters. The third-order valence-corrected chi connectivity index (χ3v) is 3.28. The van der Waals surface area contributed by atoms with Gasteiger partial charge in [-0.1, -0.05) is 18.2 Å². The summed E-state index contributed by atoms with van der Waals surface area (Å²) < 4.78 is 0. The monoisotopic (exact) mass is 248 g/mol. The fourth-order valence-corrected chi connectivity index (χ4v) is 2.32. The first-order chi connectivity index (χ1) is 8.38. The Balaban J connectivity index is 2.66. The summed E-state index contributed by atoms with van der Waals surface area (Å²) in [4.78, 5) is 35.3. The van der Waals surface area contributed by atoms with Gasteiger partial charge in [-0.05, 0) is 18.6 Å². The molecule has 0 bridgehead atoms. The second kappa shape index (κ2) is 3.90. The molecule has 0 radical (unpaired) electrons. The van der Waals surface area contributed by atoms with Gasteiger partial charge in [0.2, 0.25) is 12.5 Å². The van der Waals surface area contributed by atoms with Crippen molar-refractivity contribution >= 4 is 11.8 Å². The van der Waals surface area contributed by atoms with Crippen LogP contribution in [0.5, 0.6) is 0 Å². The summed E-state index contributed by atoms with van der Waals surface area (Å²) in [7, 11) is 1.35. The highest BCUT2D eigenvalue weighted by Crippen LogP contribution is 2.34. The van der Waals surface area contributed by atoms with E-state index in [1.165, 1.54) is 14.0 Å². The lowest BCUT2D eigenvalue weighted by Crippen LogP contribution is -2.54. The summed E-state index contributed by atoms with van der Waals surface area (Å²) in [5.41, 5.74) is -0.512. The number of nitro groups is 1. The van der Waals surface area contributed by atoms with Crippen LogP contribution in [0.1, 0.15) is 22.8 Å². The summed E-state index contributed by atoms with van der Waals surface area (Å²) in [6.07, 6.45) is 0. The molecule has 0 fully saturated rings. The van der Waals surface area contributed by atoms with Crippen LogP contribution in [-0.2, 0) is 10.2 Å². The van der Waals surface area contributed by atoms with Gasteiger partial charge in [0, 0.05) is 17.5 Å². The Kier molecular flexibility index (Phi) is 2.65. The zero-order valence-corrected chi connectivity index (χ0v) is 10.0. The largest absolute Gasteiger partial charge is 0.281 e. The van der Waals surface area contributed by atoms with E-state index in [2.05, 4.69) is 0 Å². The molecule has 1 aliphatic heterocycles. The maximum atomic E-state index is 12.2. The van der Waals surface area contributed by atoms with E-state index in [9.17, 15) is 19.7 Å². The molecule has 6 nitrogen and oxygen atoms in total. The average Bonchev–Trinajstić information content (AvgIpc) is 2.33. The predicted octanol–water partition coefficient (Wildman–Crippen LogP) is 0.833. The van der Waals surface area contributed by atoms with E-state index in [1.807, 2.05) is 0 Å². The maximum Gasteiger partial charge on any atom is 0.260 e. The van der Waals surface area contributed by atoms with E-state index in [4.69, 9.17) is 0 Å². The second-order valence-corrected chi connectivity index (χ2v) is 4.54. The number of rotatable bonds is 2. The Morgan fingerprint density at radius 2 is 1.94 bits per heavy atom. The smallest absolute Gasteiger partial charge is 0.260 e. The number of imide groups is 1. The molecule has 2 amide bonds. The molecule has 1 unspecified atom stereocenters. The Bertz CT molecular complexity index is 555. The Hall–Kier alpha value is -2.24. The highest BCUT2D eigenvalue weighted by Gasteiger charge is 2.49. The standard InChI is InChI=1S/C12H12N2O4/c1-12(7-14(17)18)9-6-4-3-5-8(9)10(15)13(2)11(12)16/h3-6H,7H2,1-2H3. The SMILES string of the molecule is CN1C(=O)c2ccccc2C(C)(C[N+](=O)[O-])C1=O. The first-order valence-corrected chi connectivity index (χ1v) is 5.41. The fourth-order valence-electron chi connectivity index (χ4n) is 2.32. The molecular formula is C12H12N2O4. The normalized spacial score (nSPS) is 22.9. The number of nitrogens with zero attached hydrogens (tertiary/aromatic N) is 2. The number of benzene rings is 1. The minimum atomic E-state index is -1.29. The van der Waals surface area contributed by atoms with Gasteiger partial charge in [0.25, 0.3) is 5.91 Å². The van der Waals surface area contributed by atoms with E-state index in [0.29, 0.717) is 11.1 Å². The van der Waals surface area contributed by atoms with Crippen LogP contribution in [0.4, 0.5) is 0 Å². The number of hydrogen-bond acceptors (Lipinski definition) is 4. The molecule has 6 heteroatoms. The molecule has 1 heterocycles. The van der Waals surface area contributed by atoms with Crippen LogP contribution in [0.15, 0.2) is 24.3 Å². The van der Waals surface area contributed by atoms with E-state index in [0.717, 1.165) is 4.90 Å². The van der Waals surface area contributed by atoms with Gasteiger partial charge in [-0.3, -0.25) is 24.6 Å². The van der Waals surface area contributed by atoms with Crippen LogP contribution < -0.4 is 0 Å². The van der Waals surface area contributed by atoms with E-state index in [1.54, 1.807) is 24.3 Å². The van der Waals surface area contributed by atoms with Crippen LogP contribution in [-0.4, -0.2) is 35.2 Å². The number of carbonyl (C=O) groups is 2. The van der Waals surface area contributed by atoms with Crippen LogP contribution in [0, 0.1) is 10.1 Å². The summed E-state index contributed by atoms with van der Waals surface area (Å²) in [5.74, 6) is -0.959. The molecule has 0 aliphatic carbocycles. The minimum Gasteiger partial charge on any atom is -0.281 e. The van der Waals surface area contributed by atoms with Crippen molar-refractivity contribution < 1.29 is 14.5 Å². The average molecular weight is 248 g/mol. The first-order valence-electron chi connectivity index (χ1n) is 5.41. The molecule has 94 valence electrons. The third-order valence-electron chi connectivity index (χ3n) is 3.28. The summed E-state index contributed by atoms with van der Waals surface area (Å²) >= 11 is 0. The molecular weight excluding hydrogens is 236 g/mol. The van der Waals surface area contributed by atoms with Crippen molar-refractivity contribution in [3.8, 4) is 0 Å². The van der Waals surface area contributed by atoms with Crippen LogP contribution in [0.25, 0.3) is 0 Å². The van der Waals surface area contributed by atoms with Crippen LogP contribution in [0.3, 0.4) is 0 Å². The van der Waals surface area contributed by atoms with Crippen LogP contribution >= 0.6 is 0 Å². The van der Waals surface area contributed by atoms with Crippen molar-refractivity contribution in [3.05, 3.63) is 45.5 Å². The van der Waals surface area contributed by atoms with E-state index in [-0.39, 0.29) is 0 Å². The second-order valence-electron chi connectivity index (χ2n) is 4.54. The van der Waals surface area contributed by atoms with Gasteiger partial charge >= 0.3 is 0 Å². The number of likely N-dealkylation sites (N-methyl/N-ethyl adjacent to an activating group) is 1. The van der Waals surface area contributed by atoms with Crippen LogP contribution in [0.2, 0.25) is 0 Å². The molecule has 0 spiro atoms. The predicted molar refractivity (Wildman–Crippen MR) is 62.8 cm³/mol. The summed E-state index contributed by atoms with van der Waals surface area (Å²) in [6, 6.07) is 6.52. The lowest BCUT2D eigenvalue weighted by molar-refractivity contribution is -0.487. The van der Waals surface area contributed by atoms with Crippen molar-refractivity contribution in [3.63, 3.8) is 0 Å². The lowest BCUT2D eigenvalue weighted by atomic mass is 9.76. The Morgan fingerprint density at radius 3 is 2.56 bits per heavy atom. The zero-order valence-electron chi connectivity index (χ0n) is 10.0. The number of amides is 2. The Labute approximate surface area is 103 Å². The molecule has 0 saturated heterocycles. The van der Waals surface area contributed by atoms with Gasteiger partial charge in [0.15, 0.2) is 0 Å². The van der Waals surface area contributed by atoms with Crippen molar-refractivity contribution in [2.24, 2.45) is 0 Å². The highest BCUT2D eigenvalue weighted by molar-refractivity contribution is 6.12. The molecule has 1 aromatic rings. The number of carbonyl (C=O) groups excluding carboxylic acids is 2. The van der Waals surface area contributed by atoms with Gasteiger partial charge in [-0.25, -0.2) is 0 Å². The molecule has 1 aliphatic rings. The maximum absolute atomic E-state index is 12.2. The van der Waals surface area contributed by atoms with E-state index < -0.39 is 28.7 Å². The zero-order chi connectivity index (χ0) is 13.5. The van der Waals surface area contributed by atoms with Gasteiger partial charge in [0.05, 0.1) is 0 Å². The molecule has 0 aromatic heterocycles. The Morgan fingerprint density at radius 1 is 1.33 bits per heavy atom. The topological polar surface area (TPSA) is 80.5 Å². The molecule has 1 aromatic carbocycles. The summed E-state index contributed by atoms with van der Waals surface area (Å²) in [6.45, 7) is 0.973. The third kappa shape index (κ3) is 1.57. The quantitative estimate of drug-likeness (QED) is 0.441. The molecule has 18 heavy (non-hydrogen) atoms. The van der Waals surface area contributed by atoms with Crippen molar-refractivity contribution in [1.29, 1.82) is 0 Å². The molecule has 0 saturated carbocycles. The first kappa shape index (κ1) is 12.2. The van der Waals surface area contributed by atoms with Gasteiger partial charge in [-0.15, -0.1) is 0 Å². The van der Waals surface area contributed by atoms with Crippen molar-refractivity contribution in [1.82, 2.24) is 4.90 Å². The number of hydrogen-bond donors (Lipinski definition) is 0. The van der Waals surface area contributed by atoms with Gasteiger partial charge < -0.3 is 0 Å². The minimum absolute atomic E-state index is 0.351. The van der Waals surface area contributed by atoms with Gasteiger partial charge in [0.1, 0.15) is 5.41 Å². The fraction of sp³-hybridized carbons (Fsp3) is 0.333. The van der Waals surface area contributed by atoms with E-state index >= 15 is 0 Å². The molecule has 2 rings (SSSR count). The van der Waals surface area contributed by atoms with Crippen molar-refractivity contribution in [2.45, 2.75) is 12.3 Å².